The number of hydrogen-bond acceptors (Lipinski definition) is 2. The molecule has 0 fully saturated rings. The lowest BCUT2D eigenvalue weighted by molar-refractivity contribution is 0.385. The Kier molecular flexibility index (Phi) is 3.78. The zero-order valence-corrected chi connectivity index (χ0v) is 11.5. The molecule has 2 nitrogen and oxygen atoms in total. The van der Waals surface area contributed by atoms with Crippen molar-refractivity contribution in [1.82, 2.24) is 0 Å². The van der Waals surface area contributed by atoms with Crippen LogP contribution in [-0.2, 0) is 5.54 Å². The van der Waals surface area contributed by atoms with Gasteiger partial charge in [-0.15, -0.1) is 0 Å². The van der Waals surface area contributed by atoms with Gasteiger partial charge in [-0.2, -0.15) is 0 Å². The third-order valence-electron chi connectivity index (χ3n) is 3.18. The molecule has 2 rings (SSSR count). The molecule has 2 N–H and O–H groups in total. The van der Waals surface area contributed by atoms with Gasteiger partial charge in [-0.25, -0.2) is 4.39 Å². The summed E-state index contributed by atoms with van der Waals surface area (Å²) in [5.74, 6) is -0.248. The third-order valence-corrected chi connectivity index (χ3v) is 3.51. The summed E-state index contributed by atoms with van der Waals surface area (Å²) in [6.07, 6.45) is 0. The van der Waals surface area contributed by atoms with E-state index in [4.69, 9.17) is 22.1 Å². The SMILES string of the molecule is COc1ccc(C(C)(N)c2ccccc2Cl)cc1F. The number of nitrogens with two attached hydrogens (primary N) is 1. The lowest BCUT2D eigenvalue weighted by atomic mass is 9.85. The predicted molar refractivity (Wildman–Crippen MR) is 75.0 cm³/mol. The Morgan fingerprint density at radius 1 is 1.21 bits per heavy atom. The minimum atomic E-state index is -0.870. The van der Waals surface area contributed by atoms with Crippen LogP contribution in [0.25, 0.3) is 0 Å². The van der Waals surface area contributed by atoms with E-state index in [1.165, 1.54) is 13.2 Å². The van der Waals surface area contributed by atoms with Crippen LogP contribution in [0.15, 0.2) is 42.5 Å². The first-order valence-electron chi connectivity index (χ1n) is 5.84. The number of hydrogen-bond donors (Lipinski definition) is 1. The molecule has 1 atom stereocenters. The first kappa shape index (κ1) is 13.8. The van der Waals surface area contributed by atoms with Gasteiger partial charge in [-0.05, 0) is 36.2 Å². The topological polar surface area (TPSA) is 35.2 Å². The van der Waals surface area contributed by atoms with Gasteiger partial charge in [-0.3, -0.25) is 0 Å². The standard InChI is InChI=1S/C15H15ClFNO/c1-15(18,11-5-3-4-6-12(11)16)10-7-8-14(19-2)13(17)9-10/h3-9H,18H2,1-2H3. The molecule has 0 aliphatic carbocycles. The molecule has 4 heteroatoms. The third kappa shape index (κ3) is 2.57. The van der Waals surface area contributed by atoms with Crippen molar-refractivity contribution in [2.24, 2.45) is 5.73 Å². The molecule has 2 aromatic rings. The predicted octanol–water partition coefficient (Wildman–Crippen LogP) is 3.71. The summed E-state index contributed by atoms with van der Waals surface area (Å²) in [7, 11) is 1.42. The first-order valence-corrected chi connectivity index (χ1v) is 6.22. The summed E-state index contributed by atoms with van der Waals surface area (Å²) in [4.78, 5) is 0. The number of methoxy groups -OCH3 is 1. The summed E-state index contributed by atoms with van der Waals surface area (Å²) in [5, 5.41) is 0.559. The van der Waals surface area contributed by atoms with Gasteiger partial charge in [0.1, 0.15) is 0 Å². The second-order valence-electron chi connectivity index (χ2n) is 4.53. The molecule has 0 aliphatic rings. The van der Waals surface area contributed by atoms with Crippen LogP contribution < -0.4 is 10.5 Å². The van der Waals surface area contributed by atoms with Crippen molar-refractivity contribution in [3.63, 3.8) is 0 Å². The van der Waals surface area contributed by atoms with Crippen molar-refractivity contribution in [3.8, 4) is 5.75 Å². The molecule has 100 valence electrons. The van der Waals surface area contributed by atoms with Crippen LogP contribution in [0.2, 0.25) is 5.02 Å². The van der Waals surface area contributed by atoms with Crippen molar-refractivity contribution in [3.05, 3.63) is 64.4 Å². The van der Waals surface area contributed by atoms with Crippen molar-refractivity contribution in [2.75, 3.05) is 7.11 Å². The van der Waals surface area contributed by atoms with Gasteiger partial charge in [0.2, 0.25) is 0 Å². The highest BCUT2D eigenvalue weighted by Crippen LogP contribution is 2.33. The van der Waals surface area contributed by atoms with Gasteiger partial charge in [0.05, 0.1) is 12.6 Å². The number of benzene rings is 2. The zero-order valence-electron chi connectivity index (χ0n) is 10.8. The van der Waals surface area contributed by atoms with Gasteiger partial charge < -0.3 is 10.5 Å². The summed E-state index contributed by atoms with van der Waals surface area (Å²) in [6, 6.07) is 12.0. The molecule has 2 aromatic carbocycles. The van der Waals surface area contributed by atoms with E-state index in [1.807, 2.05) is 18.2 Å². The van der Waals surface area contributed by atoms with E-state index in [0.717, 1.165) is 5.56 Å². The number of halogens is 2. The summed E-state index contributed by atoms with van der Waals surface area (Å²) in [5.41, 5.74) is 6.85. The van der Waals surface area contributed by atoms with Gasteiger partial charge >= 0.3 is 0 Å². The Balaban J connectivity index is 2.50. The highest BCUT2D eigenvalue weighted by atomic mass is 35.5. The smallest absolute Gasteiger partial charge is 0.165 e. The molecule has 0 aliphatic heterocycles. The molecule has 0 spiro atoms. The Labute approximate surface area is 117 Å². The van der Waals surface area contributed by atoms with Crippen LogP contribution in [0.5, 0.6) is 5.75 Å². The molecule has 0 bridgehead atoms. The van der Waals surface area contributed by atoms with Crippen molar-refractivity contribution < 1.29 is 9.13 Å². The molecular weight excluding hydrogens is 265 g/mol. The normalized spacial score (nSPS) is 13.9. The molecule has 19 heavy (non-hydrogen) atoms. The Bertz CT molecular complexity index is 598. The van der Waals surface area contributed by atoms with Crippen LogP contribution in [-0.4, -0.2) is 7.11 Å². The van der Waals surface area contributed by atoms with Crippen molar-refractivity contribution >= 4 is 11.6 Å². The quantitative estimate of drug-likeness (QED) is 0.929. The first-order chi connectivity index (χ1) is 8.96. The second-order valence-corrected chi connectivity index (χ2v) is 4.94. The molecule has 0 saturated heterocycles. The van der Waals surface area contributed by atoms with Gasteiger partial charge in [0.15, 0.2) is 11.6 Å². The van der Waals surface area contributed by atoms with E-state index >= 15 is 0 Å². The maximum atomic E-state index is 13.8. The summed E-state index contributed by atoms with van der Waals surface area (Å²) >= 11 is 6.16. The van der Waals surface area contributed by atoms with E-state index in [0.29, 0.717) is 10.6 Å². The average Bonchev–Trinajstić information content (AvgIpc) is 2.39. The molecule has 0 heterocycles. The largest absolute Gasteiger partial charge is 0.494 e. The fourth-order valence-corrected chi connectivity index (χ4v) is 2.36. The Hall–Kier alpha value is -1.58. The molecule has 0 aromatic heterocycles. The lowest BCUT2D eigenvalue weighted by Crippen LogP contribution is -2.34. The minimum absolute atomic E-state index is 0.193. The number of rotatable bonds is 3. The van der Waals surface area contributed by atoms with Crippen LogP contribution >= 0.6 is 11.6 Å². The summed E-state index contributed by atoms with van der Waals surface area (Å²) < 4.78 is 18.7. The van der Waals surface area contributed by atoms with Gasteiger partial charge in [0.25, 0.3) is 0 Å². The lowest BCUT2D eigenvalue weighted by Gasteiger charge is -2.27. The number of ether oxygens (including phenoxy) is 1. The van der Waals surface area contributed by atoms with Crippen molar-refractivity contribution in [2.45, 2.75) is 12.5 Å². The molecule has 0 radical (unpaired) electrons. The van der Waals surface area contributed by atoms with E-state index in [9.17, 15) is 4.39 Å². The fraction of sp³-hybridized carbons (Fsp3) is 0.200. The van der Waals surface area contributed by atoms with E-state index in [-0.39, 0.29) is 5.75 Å². The van der Waals surface area contributed by atoms with Crippen LogP contribution in [0, 0.1) is 5.82 Å². The van der Waals surface area contributed by atoms with Crippen LogP contribution in [0.3, 0.4) is 0 Å². The molecule has 0 saturated carbocycles. The minimum Gasteiger partial charge on any atom is -0.494 e. The summed E-state index contributed by atoms with van der Waals surface area (Å²) in [6.45, 7) is 1.80. The van der Waals surface area contributed by atoms with E-state index < -0.39 is 11.4 Å². The van der Waals surface area contributed by atoms with E-state index in [1.54, 1.807) is 25.1 Å². The monoisotopic (exact) mass is 279 g/mol. The Morgan fingerprint density at radius 2 is 1.89 bits per heavy atom. The highest BCUT2D eigenvalue weighted by molar-refractivity contribution is 6.31. The van der Waals surface area contributed by atoms with Crippen LogP contribution in [0.1, 0.15) is 18.1 Å². The maximum absolute atomic E-state index is 13.8. The van der Waals surface area contributed by atoms with Crippen molar-refractivity contribution in [1.29, 1.82) is 0 Å². The average molecular weight is 280 g/mol. The second kappa shape index (κ2) is 5.19. The zero-order chi connectivity index (χ0) is 14.0. The van der Waals surface area contributed by atoms with E-state index in [2.05, 4.69) is 0 Å². The highest BCUT2D eigenvalue weighted by Gasteiger charge is 2.26. The Morgan fingerprint density at radius 3 is 2.47 bits per heavy atom. The maximum Gasteiger partial charge on any atom is 0.165 e. The van der Waals surface area contributed by atoms with Gasteiger partial charge in [-0.1, -0.05) is 35.9 Å². The van der Waals surface area contributed by atoms with Crippen LogP contribution in [0.4, 0.5) is 4.39 Å². The van der Waals surface area contributed by atoms with Gasteiger partial charge in [0, 0.05) is 5.02 Å². The fourth-order valence-electron chi connectivity index (χ4n) is 2.03. The molecule has 0 amide bonds. The molecule has 1 unspecified atom stereocenters. The molecular formula is C15H15ClFNO.